The van der Waals surface area contributed by atoms with Crippen LogP contribution >= 0.6 is 0 Å². The highest BCUT2D eigenvalue weighted by atomic mass is 14.3. The summed E-state index contributed by atoms with van der Waals surface area (Å²) in [4.78, 5) is 0. The molecule has 0 amide bonds. The molecule has 0 aromatic heterocycles. The van der Waals surface area contributed by atoms with E-state index in [4.69, 9.17) is 0 Å². The van der Waals surface area contributed by atoms with Crippen molar-refractivity contribution in [1.29, 1.82) is 0 Å². The molecular weight excluding hydrogens is 264 g/mol. The molecule has 0 radical (unpaired) electrons. The molecule has 0 nitrogen and oxygen atoms in total. The molecule has 0 atom stereocenters. The highest BCUT2D eigenvalue weighted by Crippen LogP contribution is 2.29. The first kappa shape index (κ1) is 16.5. The van der Waals surface area contributed by atoms with Crippen LogP contribution in [0.2, 0.25) is 0 Å². The Morgan fingerprint density at radius 2 is 1.64 bits per heavy atom. The average molecular weight is 292 g/mol. The summed E-state index contributed by atoms with van der Waals surface area (Å²) >= 11 is 0. The summed E-state index contributed by atoms with van der Waals surface area (Å²) in [6.45, 7) is 9.08. The zero-order chi connectivity index (χ0) is 16.0. The van der Waals surface area contributed by atoms with Crippen LogP contribution in [-0.4, -0.2) is 0 Å². The number of rotatable bonds is 6. The fraction of sp³-hybridized carbons (Fsp3) is 0.364. The summed E-state index contributed by atoms with van der Waals surface area (Å²) < 4.78 is 0. The maximum Gasteiger partial charge on any atom is -0.00631 e. The normalized spacial score (nSPS) is 12.0. The van der Waals surface area contributed by atoms with E-state index in [2.05, 4.69) is 88.4 Å². The third-order valence-corrected chi connectivity index (χ3v) is 4.35. The van der Waals surface area contributed by atoms with Crippen LogP contribution in [0.15, 0.2) is 54.6 Å². The zero-order valence-electron chi connectivity index (χ0n) is 14.4. The van der Waals surface area contributed by atoms with Gasteiger partial charge in [0.2, 0.25) is 0 Å². The van der Waals surface area contributed by atoms with E-state index < -0.39 is 0 Å². The zero-order valence-corrected chi connectivity index (χ0v) is 14.4. The van der Waals surface area contributed by atoms with E-state index in [0.29, 0.717) is 0 Å². The lowest BCUT2D eigenvalue weighted by Crippen LogP contribution is -2.21. The average Bonchev–Trinajstić information content (AvgIpc) is 2.50. The lowest BCUT2D eigenvalue weighted by molar-refractivity contribution is 0.521. The van der Waals surface area contributed by atoms with Gasteiger partial charge in [-0.25, -0.2) is 0 Å². The van der Waals surface area contributed by atoms with Crippen LogP contribution in [0.1, 0.15) is 55.9 Å². The predicted molar refractivity (Wildman–Crippen MR) is 98.3 cm³/mol. The standard InChI is InChI=1S/C22H28/c1-5-6-7-11-19-13-15-21(16-14-19)22(3,4)17-20-12-9-8-10-18(20)2/h7-16H,5-6,17H2,1-4H3/b11-7+. The molecule has 116 valence electrons. The number of benzene rings is 2. The Morgan fingerprint density at radius 3 is 2.27 bits per heavy atom. The van der Waals surface area contributed by atoms with Gasteiger partial charge in [-0.1, -0.05) is 87.9 Å². The Labute approximate surface area is 135 Å². The molecule has 22 heavy (non-hydrogen) atoms. The van der Waals surface area contributed by atoms with Gasteiger partial charge in [0.1, 0.15) is 0 Å². The Kier molecular flexibility index (Phi) is 5.60. The maximum atomic E-state index is 2.33. The van der Waals surface area contributed by atoms with Gasteiger partial charge in [-0.2, -0.15) is 0 Å². The number of hydrogen-bond acceptors (Lipinski definition) is 0. The SMILES string of the molecule is CCC/C=C/c1ccc(C(C)(C)Cc2ccccc2C)cc1. The van der Waals surface area contributed by atoms with Crippen molar-refractivity contribution in [2.24, 2.45) is 0 Å². The van der Waals surface area contributed by atoms with Crippen molar-refractivity contribution in [3.63, 3.8) is 0 Å². The molecule has 2 aromatic rings. The predicted octanol–water partition coefficient (Wildman–Crippen LogP) is 6.33. The van der Waals surface area contributed by atoms with Crippen molar-refractivity contribution < 1.29 is 0 Å². The maximum absolute atomic E-state index is 2.33. The third kappa shape index (κ3) is 4.34. The molecule has 0 heterocycles. The van der Waals surface area contributed by atoms with E-state index in [1.165, 1.54) is 28.7 Å². The highest BCUT2D eigenvalue weighted by molar-refractivity contribution is 5.50. The van der Waals surface area contributed by atoms with Gasteiger partial charge in [0, 0.05) is 0 Å². The lowest BCUT2D eigenvalue weighted by Gasteiger charge is -2.26. The summed E-state index contributed by atoms with van der Waals surface area (Å²) in [5.74, 6) is 0. The molecular formula is C22H28. The molecule has 0 N–H and O–H groups in total. The second kappa shape index (κ2) is 7.45. The van der Waals surface area contributed by atoms with Gasteiger partial charge in [0.15, 0.2) is 0 Å². The molecule has 0 bridgehead atoms. The summed E-state index contributed by atoms with van der Waals surface area (Å²) in [6, 6.07) is 17.7. The van der Waals surface area contributed by atoms with Gasteiger partial charge in [0.05, 0.1) is 0 Å². The largest absolute Gasteiger partial charge is 0.0840 e. The van der Waals surface area contributed by atoms with Crippen LogP contribution in [0.5, 0.6) is 0 Å². The molecule has 2 rings (SSSR count). The summed E-state index contributed by atoms with van der Waals surface area (Å²) in [6.07, 6.45) is 7.92. The molecule has 0 saturated heterocycles. The van der Waals surface area contributed by atoms with Crippen LogP contribution in [0.25, 0.3) is 6.08 Å². The Balaban J connectivity index is 2.14. The van der Waals surface area contributed by atoms with E-state index in [1.54, 1.807) is 0 Å². The van der Waals surface area contributed by atoms with Gasteiger partial charge in [-0.05, 0) is 47.4 Å². The summed E-state index contributed by atoms with van der Waals surface area (Å²) in [5, 5.41) is 0. The second-order valence-corrected chi connectivity index (χ2v) is 6.80. The van der Waals surface area contributed by atoms with Crippen molar-refractivity contribution >= 4 is 6.08 Å². The highest BCUT2D eigenvalue weighted by Gasteiger charge is 2.21. The fourth-order valence-electron chi connectivity index (χ4n) is 2.82. The first-order chi connectivity index (χ1) is 10.5. The van der Waals surface area contributed by atoms with Crippen molar-refractivity contribution in [3.05, 3.63) is 76.9 Å². The van der Waals surface area contributed by atoms with Crippen LogP contribution in [0, 0.1) is 6.92 Å². The minimum absolute atomic E-state index is 0.151. The van der Waals surface area contributed by atoms with E-state index in [0.717, 1.165) is 12.8 Å². The van der Waals surface area contributed by atoms with E-state index in [-0.39, 0.29) is 5.41 Å². The van der Waals surface area contributed by atoms with Crippen LogP contribution in [-0.2, 0) is 11.8 Å². The molecule has 2 aromatic carbocycles. The fourth-order valence-corrected chi connectivity index (χ4v) is 2.82. The third-order valence-electron chi connectivity index (χ3n) is 4.35. The molecule has 0 unspecified atom stereocenters. The number of allylic oxidation sites excluding steroid dienone is 1. The molecule has 0 aliphatic heterocycles. The van der Waals surface area contributed by atoms with Gasteiger partial charge in [-0.15, -0.1) is 0 Å². The Hall–Kier alpha value is -1.82. The van der Waals surface area contributed by atoms with Crippen molar-refractivity contribution in [2.75, 3.05) is 0 Å². The Morgan fingerprint density at radius 1 is 0.955 bits per heavy atom. The van der Waals surface area contributed by atoms with Gasteiger partial charge < -0.3 is 0 Å². The van der Waals surface area contributed by atoms with Crippen molar-refractivity contribution in [1.82, 2.24) is 0 Å². The Bertz CT molecular complexity index is 615. The second-order valence-electron chi connectivity index (χ2n) is 6.80. The summed E-state index contributed by atoms with van der Waals surface area (Å²) in [5.41, 5.74) is 5.68. The first-order valence-electron chi connectivity index (χ1n) is 8.34. The summed E-state index contributed by atoms with van der Waals surface area (Å²) in [7, 11) is 0. The van der Waals surface area contributed by atoms with Crippen molar-refractivity contribution in [2.45, 2.75) is 52.4 Å². The minimum Gasteiger partial charge on any atom is -0.0840 e. The quantitative estimate of drug-likeness (QED) is 0.583. The number of aryl methyl sites for hydroxylation is 1. The van der Waals surface area contributed by atoms with Gasteiger partial charge in [0.25, 0.3) is 0 Å². The molecule has 0 spiro atoms. The number of unbranched alkanes of at least 4 members (excludes halogenated alkanes) is 1. The number of hydrogen-bond donors (Lipinski definition) is 0. The van der Waals surface area contributed by atoms with E-state index >= 15 is 0 Å². The first-order valence-corrected chi connectivity index (χ1v) is 8.34. The topological polar surface area (TPSA) is 0 Å². The van der Waals surface area contributed by atoms with Gasteiger partial charge >= 0.3 is 0 Å². The molecule has 0 aliphatic rings. The van der Waals surface area contributed by atoms with Crippen LogP contribution in [0.4, 0.5) is 0 Å². The monoisotopic (exact) mass is 292 g/mol. The van der Waals surface area contributed by atoms with E-state index in [1.807, 2.05) is 0 Å². The van der Waals surface area contributed by atoms with Crippen LogP contribution in [0.3, 0.4) is 0 Å². The van der Waals surface area contributed by atoms with Crippen LogP contribution < -0.4 is 0 Å². The molecule has 0 fully saturated rings. The smallest absolute Gasteiger partial charge is 0.00631 e. The molecule has 0 heteroatoms. The van der Waals surface area contributed by atoms with Crippen molar-refractivity contribution in [3.8, 4) is 0 Å². The van der Waals surface area contributed by atoms with Gasteiger partial charge in [-0.3, -0.25) is 0 Å². The molecule has 0 saturated carbocycles. The van der Waals surface area contributed by atoms with E-state index in [9.17, 15) is 0 Å². The minimum atomic E-state index is 0.151. The lowest BCUT2D eigenvalue weighted by atomic mass is 9.78. The molecule has 0 aliphatic carbocycles.